The number of carbonyl (C=O) groups excluding carboxylic acids is 1. The fourth-order valence-electron chi connectivity index (χ4n) is 5.30. The van der Waals surface area contributed by atoms with Crippen LogP contribution in [0.4, 0.5) is 10.5 Å². The van der Waals surface area contributed by atoms with Crippen LogP contribution in [0.1, 0.15) is 39.7 Å². The third-order valence-corrected chi connectivity index (χ3v) is 7.04. The van der Waals surface area contributed by atoms with Crippen molar-refractivity contribution in [2.75, 3.05) is 31.6 Å². The van der Waals surface area contributed by atoms with Crippen LogP contribution >= 0.6 is 0 Å². The lowest BCUT2D eigenvalue weighted by Crippen LogP contribution is -2.44. The summed E-state index contributed by atoms with van der Waals surface area (Å²) in [6, 6.07) is 8.37. The van der Waals surface area contributed by atoms with E-state index in [1.165, 1.54) is 0 Å². The van der Waals surface area contributed by atoms with Crippen molar-refractivity contribution in [3.63, 3.8) is 0 Å². The third-order valence-electron chi connectivity index (χ3n) is 7.04. The van der Waals surface area contributed by atoms with E-state index in [4.69, 9.17) is 19.4 Å². The minimum Gasteiger partial charge on any atom is -0.496 e. The Morgan fingerprint density at radius 3 is 2.71 bits per heavy atom. The molecule has 0 saturated carbocycles. The highest BCUT2D eigenvalue weighted by molar-refractivity contribution is 5.92. The maximum atomic E-state index is 12.7. The molecule has 1 unspecified atom stereocenters. The van der Waals surface area contributed by atoms with Crippen LogP contribution in [0.25, 0.3) is 33.2 Å². The monoisotopic (exact) mass is 516 g/mol. The molecule has 1 saturated heterocycles. The van der Waals surface area contributed by atoms with Gasteiger partial charge in [-0.25, -0.2) is 14.8 Å². The maximum absolute atomic E-state index is 12.7. The summed E-state index contributed by atoms with van der Waals surface area (Å²) < 4.78 is 13.2. The average Bonchev–Trinajstić information content (AvgIpc) is 3.49. The SMILES string of the molecule is CCN(C(=O)OC(C)(C)C)C1CCN(c2cnc3nc(-c4cc5cn(C)nc5c(C)c4OC)ccc3c2)C1. The number of pyridine rings is 2. The summed E-state index contributed by atoms with van der Waals surface area (Å²) in [5.74, 6) is 0.772. The number of aromatic nitrogens is 4. The second kappa shape index (κ2) is 9.78. The fraction of sp³-hybridized carbons (Fsp3) is 0.448. The van der Waals surface area contributed by atoms with Crippen molar-refractivity contribution < 1.29 is 14.3 Å². The maximum Gasteiger partial charge on any atom is 0.410 e. The van der Waals surface area contributed by atoms with Gasteiger partial charge in [-0.2, -0.15) is 5.10 Å². The van der Waals surface area contributed by atoms with E-state index >= 15 is 0 Å². The predicted molar refractivity (Wildman–Crippen MR) is 150 cm³/mol. The van der Waals surface area contributed by atoms with Gasteiger partial charge in [0.05, 0.1) is 36.2 Å². The molecule has 1 aromatic carbocycles. The van der Waals surface area contributed by atoms with Gasteiger partial charge in [-0.3, -0.25) is 4.68 Å². The number of hydrogen-bond donors (Lipinski definition) is 0. The number of aryl methyl sites for hydroxylation is 2. The minimum absolute atomic E-state index is 0.101. The zero-order chi connectivity index (χ0) is 27.2. The molecule has 1 atom stereocenters. The molecule has 1 amide bonds. The lowest BCUT2D eigenvalue weighted by atomic mass is 10.0. The van der Waals surface area contributed by atoms with Crippen molar-refractivity contribution >= 4 is 33.7 Å². The standard InChI is InChI=1S/C29H36N6O3/c1-8-35(28(36)38-29(3,4)5)21-11-12-34(17-21)22-13-19-9-10-24(31-27(19)30-15-22)23-14-20-16-33(6)32-25(20)18(2)26(23)37-7/h9-10,13-16,21H,8,11-12,17H2,1-7H3. The number of carbonyl (C=O) groups is 1. The van der Waals surface area contributed by atoms with Crippen molar-refractivity contribution in [3.8, 4) is 17.0 Å². The summed E-state index contributed by atoms with van der Waals surface area (Å²) in [6.07, 6.45) is 4.51. The van der Waals surface area contributed by atoms with Gasteiger partial charge in [0.25, 0.3) is 0 Å². The van der Waals surface area contributed by atoms with Gasteiger partial charge in [0, 0.05) is 54.8 Å². The van der Waals surface area contributed by atoms with E-state index in [9.17, 15) is 4.79 Å². The molecule has 9 heteroatoms. The average molecular weight is 517 g/mol. The molecular weight excluding hydrogens is 480 g/mol. The normalized spacial score (nSPS) is 15.9. The van der Waals surface area contributed by atoms with Crippen LogP contribution in [-0.2, 0) is 11.8 Å². The number of anilines is 1. The molecule has 0 bridgehead atoms. The number of likely N-dealkylation sites (N-methyl/N-ethyl adjacent to an activating group) is 1. The van der Waals surface area contributed by atoms with Crippen LogP contribution in [0.15, 0.2) is 36.7 Å². The number of hydrogen-bond acceptors (Lipinski definition) is 7. The summed E-state index contributed by atoms with van der Waals surface area (Å²) in [7, 11) is 3.60. The molecule has 1 aliphatic heterocycles. The number of fused-ring (bicyclic) bond motifs is 2. The van der Waals surface area contributed by atoms with Crippen LogP contribution in [0.2, 0.25) is 0 Å². The molecule has 200 valence electrons. The molecule has 0 N–H and O–H groups in total. The Kier molecular flexibility index (Phi) is 6.63. The summed E-state index contributed by atoms with van der Waals surface area (Å²) in [5, 5.41) is 6.58. The van der Waals surface area contributed by atoms with E-state index in [0.717, 1.165) is 64.1 Å². The van der Waals surface area contributed by atoms with E-state index in [1.54, 1.807) is 7.11 Å². The minimum atomic E-state index is -0.511. The molecule has 1 fully saturated rings. The van der Waals surface area contributed by atoms with Crippen molar-refractivity contribution in [1.82, 2.24) is 24.6 Å². The number of amides is 1. The van der Waals surface area contributed by atoms with Crippen LogP contribution in [0.3, 0.4) is 0 Å². The van der Waals surface area contributed by atoms with Gasteiger partial charge in [-0.1, -0.05) is 0 Å². The summed E-state index contributed by atoms with van der Waals surface area (Å²) >= 11 is 0. The van der Waals surface area contributed by atoms with E-state index in [-0.39, 0.29) is 12.1 Å². The van der Waals surface area contributed by atoms with E-state index in [2.05, 4.69) is 28.2 Å². The second-order valence-electron chi connectivity index (χ2n) is 10.9. The first kappa shape index (κ1) is 25.8. The van der Waals surface area contributed by atoms with Gasteiger partial charge in [0.15, 0.2) is 5.65 Å². The molecule has 38 heavy (non-hydrogen) atoms. The number of benzene rings is 1. The van der Waals surface area contributed by atoms with Crippen LogP contribution in [-0.4, -0.2) is 69.1 Å². The summed E-state index contributed by atoms with van der Waals surface area (Å²) in [4.78, 5) is 26.4. The number of rotatable bonds is 5. The number of methoxy groups -OCH3 is 1. The highest BCUT2D eigenvalue weighted by Gasteiger charge is 2.32. The van der Waals surface area contributed by atoms with Crippen molar-refractivity contribution in [2.45, 2.75) is 52.7 Å². The van der Waals surface area contributed by atoms with E-state index < -0.39 is 5.60 Å². The zero-order valence-electron chi connectivity index (χ0n) is 23.3. The first-order chi connectivity index (χ1) is 18.1. The Morgan fingerprint density at radius 2 is 2.00 bits per heavy atom. The third kappa shape index (κ3) is 4.85. The Hall–Kier alpha value is -3.88. The number of nitrogens with zero attached hydrogens (tertiary/aromatic N) is 6. The molecule has 0 radical (unpaired) electrons. The smallest absolute Gasteiger partial charge is 0.410 e. The molecule has 0 aliphatic carbocycles. The van der Waals surface area contributed by atoms with Crippen LogP contribution in [0.5, 0.6) is 5.75 Å². The molecule has 5 rings (SSSR count). The summed E-state index contributed by atoms with van der Waals surface area (Å²) in [5.41, 5.74) is 4.83. The fourth-order valence-corrected chi connectivity index (χ4v) is 5.30. The van der Waals surface area contributed by atoms with Crippen LogP contribution < -0.4 is 9.64 Å². The predicted octanol–water partition coefficient (Wildman–Crippen LogP) is 5.34. The Balaban J connectivity index is 1.40. The van der Waals surface area contributed by atoms with E-state index in [0.29, 0.717) is 12.2 Å². The van der Waals surface area contributed by atoms with Crippen molar-refractivity contribution in [1.29, 1.82) is 0 Å². The molecule has 9 nitrogen and oxygen atoms in total. The quantitative estimate of drug-likeness (QED) is 0.354. The van der Waals surface area contributed by atoms with Gasteiger partial charge in [0.2, 0.25) is 0 Å². The van der Waals surface area contributed by atoms with Gasteiger partial charge < -0.3 is 19.3 Å². The molecule has 3 aromatic heterocycles. The second-order valence-corrected chi connectivity index (χ2v) is 10.9. The van der Waals surface area contributed by atoms with Gasteiger partial charge in [0.1, 0.15) is 11.4 Å². The lowest BCUT2D eigenvalue weighted by Gasteiger charge is -2.31. The Labute approximate surface area is 223 Å². The number of ether oxygens (including phenoxy) is 2. The van der Waals surface area contributed by atoms with Gasteiger partial charge >= 0.3 is 6.09 Å². The highest BCUT2D eigenvalue weighted by Crippen LogP contribution is 2.37. The highest BCUT2D eigenvalue weighted by atomic mass is 16.6. The summed E-state index contributed by atoms with van der Waals surface area (Å²) in [6.45, 7) is 11.9. The molecule has 4 heterocycles. The largest absolute Gasteiger partial charge is 0.496 e. The van der Waals surface area contributed by atoms with E-state index in [1.807, 2.05) is 69.7 Å². The lowest BCUT2D eigenvalue weighted by molar-refractivity contribution is 0.0191. The Bertz CT molecular complexity index is 1510. The topological polar surface area (TPSA) is 85.6 Å². The molecule has 4 aromatic rings. The Morgan fingerprint density at radius 1 is 1.21 bits per heavy atom. The first-order valence-electron chi connectivity index (χ1n) is 13.1. The van der Waals surface area contributed by atoms with Crippen LogP contribution in [0, 0.1) is 6.92 Å². The zero-order valence-corrected chi connectivity index (χ0v) is 23.3. The first-order valence-corrected chi connectivity index (χ1v) is 13.1. The molecule has 1 aliphatic rings. The van der Waals surface area contributed by atoms with Crippen molar-refractivity contribution in [2.24, 2.45) is 7.05 Å². The molecule has 0 spiro atoms. The van der Waals surface area contributed by atoms with Gasteiger partial charge in [-0.05, 0) is 65.3 Å². The van der Waals surface area contributed by atoms with Crippen molar-refractivity contribution in [3.05, 3.63) is 42.2 Å². The van der Waals surface area contributed by atoms with Gasteiger partial charge in [-0.15, -0.1) is 0 Å². The molecular formula is C29H36N6O3.